The number of nitrogens with two attached hydrogens (primary N) is 1. The first-order valence-electron chi connectivity index (χ1n) is 7.25. The average molecular weight is 313 g/mol. The lowest BCUT2D eigenvalue weighted by molar-refractivity contribution is -0.115. The number of benzene rings is 2. The third kappa shape index (κ3) is 5.35. The maximum absolute atomic E-state index is 12.0. The second-order valence-corrected chi connectivity index (χ2v) is 4.87. The van der Waals surface area contributed by atoms with Gasteiger partial charge in [0.15, 0.2) is 0 Å². The minimum absolute atomic E-state index is 0.121. The molecule has 0 heterocycles. The van der Waals surface area contributed by atoms with E-state index in [1.54, 1.807) is 24.3 Å². The number of urea groups is 1. The Hall–Kier alpha value is -3.02. The predicted octanol–water partition coefficient (Wildman–Crippen LogP) is 2.76. The van der Waals surface area contributed by atoms with Crippen LogP contribution in [0.4, 0.5) is 16.2 Å². The summed E-state index contributed by atoms with van der Waals surface area (Å²) in [5, 5.41) is 5.25. The largest absolute Gasteiger partial charge is 0.494 e. The SMILES string of the molecule is CCOc1ccc(CC(=O)Nc2ccc(NC(N)=O)cc2)cc1. The quantitative estimate of drug-likeness (QED) is 0.765. The van der Waals surface area contributed by atoms with Gasteiger partial charge in [-0.25, -0.2) is 4.79 Å². The van der Waals surface area contributed by atoms with Crippen molar-refractivity contribution in [1.82, 2.24) is 0 Å². The highest BCUT2D eigenvalue weighted by Crippen LogP contribution is 2.15. The van der Waals surface area contributed by atoms with Crippen LogP contribution in [0, 0.1) is 0 Å². The molecule has 0 bridgehead atoms. The Morgan fingerprint density at radius 2 is 1.52 bits per heavy atom. The molecular weight excluding hydrogens is 294 g/mol. The summed E-state index contributed by atoms with van der Waals surface area (Å²) in [6.45, 7) is 2.53. The molecular formula is C17H19N3O3. The van der Waals surface area contributed by atoms with Gasteiger partial charge < -0.3 is 21.1 Å². The molecule has 120 valence electrons. The van der Waals surface area contributed by atoms with Crippen molar-refractivity contribution in [3.8, 4) is 5.75 Å². The Morgan fingerprint density at radius 1 is 0.957 bits per heavy atom. The fourth-order valence-corrected chi connectivity index (χ4v) is 2.04. The summed E-state index contributed by atoms with van der Waals surface area (Å²) in [6.07, 6.45) is 0.272. The van der Waals surface area contributed by atoms with Gasteiger partial charge in [0.05, 0.1) is 13.0 Å². The van der Waals surface area contributed by atoms with Crippen LogP contribution in [-0.2, 0) is 11.2 Å². The standard InChI is InChI=1S/C17H19N3O3/c1-2-23-15-9-3-12(4-10-15)11-16(21)19-13-5-7-14(8-6-13)20-17(18)22/h3-10H,2,11H2,1H3,(H,19,21)(H3,18,20,22). The highest BCUT2D eigenvalue weighted by atomic mass is 16.5. The molecule has 0 aliphatic carbocycles. The van der Waals surface area contributed by atoms with Crippen molar-refractivity contribution in [3.63, 3.8) is 0 Å². The number of carbonyl (C=O) groups is 2. The van der Waals surface area contributed by atoms with Gasteiger partial charge >= 0.3 is 6.03 Å². The Labute approximate surface area is 134 Å². The lowest BCUT2D eigenvalue weighted by Gasteiger charge is -2.08. The summed E-state index contributed by atoms with van der Waals surface area (Å²) in [4.78, 5) is 22.8. The van der Waals surface area contributed by atoms with Crippen LogP contribution in [0.3, 0.4) is 0 Å². The summed E-state index contributed by atoms with van der Waals surface area (Å²) < 4.78 is 5.36. The zero-order valence-electron chi connectivity index (χ0n) is 12.8. The molecule has 0 saturated carbocycles. The Kier molecular flexibility index (Phi) is 5.57. The normalized spacial score (nSPS) is 9.96. The molecule has 0 spiro atoms. The van der Waals surface area contributed by atoms with Crippen LogP contribution in [-0.4, -0.2) is 18.5 Å². The van der Waals surface area contributed by atoms with Crippen LogP contribution < -0.4 is 21.1 Å². The fraction of sp³-hybridized carbons (Fsp3) is 0.176. The molecule has 0 aliphatic rings. The Balaban J connectivity index is 1.90. The van der Waals surface area contributed by atoms with Gasteiger partial charge in [-0.1, -0.05) is 12.1 Å². The molecule has 0 fully saturated rings. The van der Waals surface area contributed by atoms with Crippen LogP contribution in [0.25, 0.3) is 0 Å². The first kappa shape index (κ1) is 16.4. The smallest absolute Gasteiger partial charge is 0.316 e. The number of nitrogens with one attached hydrogen (secondary N) is 2. The summed E-state index contributed by atoms with van der Waals surface area (Å²) >= 11 is 0. The molecule has 6 nitrogen and oxygen atoms in total. The molecule has 0 radical (unpaired) electrons. The van der Waals surface area contributed by atoms with E-state index in [0.29, 0.717) is 18.0 Å². The number of carbonyl (C=O) groups excluding carboxylic acids is 2. The number of amides is 3. The molecule has 2 aromatic carbocycles. The van der Waals surface area contributed by atoms with Crippen molar-refractivity contribution in [1.29, 1.82) is 0 Å². The van der Waals surface area contributed by atoms with Crippen molar-refractivity contribution in [2.24, 2.45) is 5.73 Å². The molecule has 2 aromatic rings. The molecule has 0 atom stereocenters. The van der Waals surface area contributed by atoms with Crippen molar-refractivity contribution >= 4 is 23.3 Å². The molecule has 0 saturated heterocycles. The number of anilines is 2. The summed E-state index contributed by atoms with van der Waals surface area (Å²) in [6, 6.07) is 13.5. The monoisotopic (exact) mass is 313 g/mol. The van der Waals surface area contributed by atoms with E-state index < -0.39 is 6.03 Å². The number of rotatable bonds is 6. The average Bonchev–Trinajstić information content (AvgIpc) is 2.51. The van der Waals surface area contributed by atoms with Gasteiger partial charge in [0, 0.05) is 11.4 Å². The minimum Gasteiger partial charge on any atom is -0.494 e. The lowest BCUT2D eigenvalue weighted by atomic mass is 10.1. The fourth-order valence-electron chi connectivity index (χ4n) is 2.04. The minimum atomic E-state index is -0.628. The van der Waals surface area contributed by atoms with Crippen LogP contribution in [0.1, 0.15) is 12.5 Å². The van der Waals surface area contributed by atoms with E-state index in [1.807, 2.05) is 31.2 Å². The summed E-state index contributed by atoms with van der Waals surface area (Å²) in [7, 11) is 0. The maximum Gasteiger partial charge on any atom is 0.316 e. The maximum atomic E-state index is 12.0. The zero-order valence-corrected chi connectivity index (χ0v) is 12.8. The molecule has 3 amide bonds. The lowest BCUT2D eigenvalue weighted by Crippen LogP contribution is -2.19. The first-order valence-corrected chi connectivity index (χ1v) is 7.25. The van der Waals surface area contributed by atoms with Crippen LogP contribution >= 0.6 is 0 Å². The molecule has 0 aromatic heterocycles. The zero-order chi connectivity index (χ0) is 16.7. The Morgan fingerprint density at radius 3 is 2.04 bits per heavy atom. The van der Waals surface area contributed by atoms with E-state index in [9.17, 15) is 9.59 Å². The number of hydrogen-bond donors (Lipinski definition) is 3. The van der Waals surface area contributed by atoms with Crippen LogP contribution in [0.5, 0.6) is 5.75 Å². The van der Waals surface area contributed by atoms with Crippen molar-refractivity contribution in [3.05, 3.63) is 54.1 Å². The van der Waals surface area contributed by atoms with Gasteiger partial charge in [-0.2, -0.15) is 0 Å². The summed E-state index contributed by atoms with van der Waals surface area (Å²) in [5.41, 5.74) is 7.15. The third-order valence-electron chi connectivity index (χ3n) is 3.04. The van der Waals surface area contributed by atoms with Gasteiger partial charge in [-0.3, -0.25) is 4.79 Å². The Bertz CT molecular complexity index is 666. The van der Waals surface area contributed by atoms with Crippen molar-refractivity contribution in [2.75, 3.05) is 17.2 Å². The molecule has 0 unspecified atom stereocenters. The number of ether oxygens (including phenoxy) is 1. The molecule has 23 heavy (non-hydrogen) atoms. The third-order valence-corrected chi connectivity index (χ3v) is 3.04. The van der Waals surface area contributed by atoms with E-state index >= 15 is 0 Å². The van der Waals surface area contributed by atoms with E-state index in [-0.39, 0.29) is 12.3 Å². The van der Waals surface area contributed by atoms with Crippen molar-refractivity contribution in [2.45, 2.75) is 13.3 Å². The van der Waals surface area contributed by atoms with Gasteiger partial charge in [-0.15, -0.1) is 0 Å². The van der Waals surface area contributed by atoms with E-state index in [1.165, 1.54) is 0 Å². The highest BCUT2D eigenvalue weighted by molar-refractivity contribution is 5.93. The predicted molar refractivity (Wildman–Crippen MR) is 89.6 cm³/mol. The van der Waals surface area contributed by atoms with E-state index in [2.05, 4.69) is 10.6 Å². The first-order chi connectivity index (χ1) is 11.1. The molecule has 0 aliphatic heterocycles. The second-order valence-electron chi connectivity index (χ2n) is 4.87. The topological polar surface area (TPSA) is 93.4 Å². The molecule has 4 N–H and O–H groups in total. The van der Waals surface area contributed by atoms with E-state index in [0.717, 1.165) is 11.3 Å². The molecule has 6 heteroatoms. The molecule has 2 rings (SSSR count). The van der Waals surface area contributed by atoms with Gasteiger partial charge in [0.1, 0.15) is 5.75 Å². The van der Waals surface area contributed by atoms with Crippen LogP contribution in [0.2, 0.25) is 0 Å². The van der Waals surface area contributed by atoms with Crippen molar-refractivity contribution < 1.29 is 14.3 Å². The second kappa shape index (κ2) is 7.84. The summed E-state index contributed by atoms with van der Waals surface area (Å²) in [5.74, 6) is 0.666. The van der Waals surface area contributed by atoms with Gasteiger partial charge in [-0.05, 0) is 48.9 Å². The highest BCUT2D eigenvalue weighted by Gasteiger charge is 2.05. The number of hydrogen-bond acceptors (Lipinski definition) is 3. The number of primary amides is 1. The van der Waals surface area contributed by atoms with Gasteiger partial charge in [0.2, 0.25) is 5.91 Å². The van der Waals surface area contributed by atoms with E-state index in [4.69, 9.17) is 10.5 Å². The van der Waals surface area contributed by atoms with Crippen LogP contribution in [0.15, 0.2) is 48.5 Å². The van der Waals surface area contributed by atoms with Gasteiger partial charge in [0.25, 0.3) is 0 Å².